The zero-order valence-electron chi connectivity index (χ0n) is 20.1. The van der Waals surface area contributed by atoms with E-state index in [9.17, 15) is 24.6 Å². The maximum Gasteiger partial charge on any atom is 0.333 e. The molecule has 5 aliphatic rings. The molecule has 9 heteroatoms. The molecular formula is C25H32O9. The van der Waals surface area contributed by atoms with E-state index >= 15 is 0 Å². The van der Waals surface area contributed by atoms with Gasteiger partial charge in [-0.3, -0.25) is 9.59 Å². The summed E-state index contributed by atoms with van der Waals surface area (Å²) in [5, 5.41) is 21.2. The zero-order chi connectivity index (χ0) is 24.8. The number of rotatable bonds is 5. The Kier molecular flexibility index (Phi) is 5.02. The number of hydrogen-bond donors (Lipinski definition) is 2. The van der Waals surface area contributed by atoms with E-state index in [0.717, 1.165) is 0 Å². The second kappa shape index (κ2) is 7.31. The van der Waals surface area contributed by atoms with Crippen molar-refractivity contribution in [3.05, 3.63) is 23.5 Å². The minimum absolute atomic E-state index is 0.206. The van der Waals surface area contributed by atoms with Gasteiger partial charge in [-0.05, 0) is 47.5 Å². The van der Waals surface area contributed by atoms with Crippen molar-refractivity contribution in [3.8, 4) is 0 Å². The Morgan fingerprint density at radius 1 is 1.29 bits per heavy atom. The average Bonchev–Trinajstić information content (AvgIpc) is 3.14. The van der Waals surface area contributed by atoms with Gasteiger partial charge >= 0.3 is 17.9 Å². The van der Waals surface area contributed by atoms with Crippen LogP contribution in [0, 0.1) is 28.6 Å². The lowest BCUT2D eigenvalue weighted by atomic mass is 9.61. The number of esters is 3. The standard InChI is InChI=1S/C25H32O9/c1-6-11(2)20(28)33-17-13-8-25-12-7-15(26)19(25)24(13,5)22(29)34-18(17)14(25)10-31-21(12)32-16(27)9-23(3,4)30/h6,10,12-13,15,17-19,21,26,30H,7-9H2,1-5H3/b11-6+/t12-,13+,15-,17+,18-,19+,21+,24-,25+/m0/s1. The first-order chi connectivity index (χ1) is 15.8. The Hall–Kier alpha value is -2.39. The van der Waals surface area contributed by atoms with Crippen LogP contribution in [0.5, 0.6) is 0 Å². The molecule has 1 saturated heterocycles. The summed E-state index contributed by atoms with van der Waals surface area (Å²) in [4.78, 5) is 38.4. The summed E-state index contributed by atoms with van der Waals surface area (Å²) in [5.74, 6) is -2.72. The summed E-state index contributed by atoms with van der Waals surface area (Å²) in [6.45, 7) is 8.24. The van der Waals surface area contributed by atoms with Gasteiger partial charge in [-0.15, -0.1) is 0 Å². The van der Waals surface area contributed by atoms with Crippen molar-refractivity contribution < 1.29 is 43.5 Å². The first kappa shape index (κ1) is 23.4. The summed E-state index contributed by atoms with van der Waals surface area (Å²) >= 11 is 0. The molecule has 1 spiro atoms. The molecule has 0 aromatic rings. The number of allylic oxidation sites excluding steroid dienone is 1. The third-order valence-electron chi connectivity index (χ3n) is 8.76. The molecular weight excluding hydrogens is 444 g/mol. The second-order valence-corrected chi connectivity index (χ2v) is 11.2. The molecule has 3 bridgehead atoms. The molecule has 0 unspecified atom stereocenters. The van der Waals surface area contributed by atoms with Crippen molar-refractivity contribution in [1.82, 2.24) is 0 Å². The summed E-state index contributed by atoms with van der Waals surface area (Å²) in [7, 11) is 0. The number of fused-ring (bicyclic) bond motifs is 3. The van der Waals surface area contributed by atoms with Crippen LogP contribution in [-0.4, -0.2) is 58.3 Å². The predicted molar refractivity (Wildman–Crippen MR) is 115 cm³/mol. The molecule has 0 radical (unpaired) electrons. The van der Waals surface area contributed by atoms with Crippen LogP contribution in [0.25, 0.3) is 0 Å². The van der Waals surface area contributed by atoms with Gasteiger partial charge in [0.15, 0.2) is 6.10 Å². The number of carbonyl (C=O) groups excluding carboxylic acids is 3. The van der Waals surface area contributed by atoms with Gasteiger partial charge in [-0.1, -0.05) is 6.08 Å². The Labute approximate surface area is 198 Å². The molecule has 5 rings (SSSR count). The SMILES string of the molecule is C/C=C(\C)C(=O)O[C@@H]1[C@H]2C[C@]34C5=CO[C@H](OC(=O)CC(C)(C)O)[C@@H]3C[C@H](O)[C@@H]4[C@@]2(C)C(=O)O[C@@H]51. The Morgan fingerprint density at radius 2 is 2.00 bits per heavy atom. The van der Waals surface area contributed by atoms with Gasteiger partial charge in [0.1, 0.15) is 6.10 Å². The number of aliphatic hydroxyl groups is 2. The molecule has 34 heavy (non-hydrogen) atoms. The fourth-order valence-electron chi connectivity index (χ4n) is 7.35. The molecule has 0 aromatic carbocycles. The molecule has 3 saturated carbocycles. The van der Waals surface area contributed by atoms with E-state index in [1.54, 1.807) is 26.8 Å². The van der Waals surface area contributed by atoms with Crippen molar-refractivity contribution in [2.45, 2.75) is 84.1 Å². The minimum atomic E-state index is -1.24. The van der Waals surface area contributed by atoms with Gasteiger partial charge in [-0.2, -0.15) is 0 Å². The molecule has 4 fully saturated rings. The largest absolute Gasteiger partial charge is 0.462 e. The van der Waals surface area contributed by atoms with Gasteiger partial charge in [0.05, 0.1) is 29.8 Å². The average molecular weight is 477 g/mol. The highest BCUT2D eigenvalue weighted by molar-refractivity contribution is 5.88. The molecule has 9 atom stereocenters. The molecule has 2 N–H and O–H groups in total. The molecule has 2 aliphatic heterocycles. The number of hydrogen-bond acceptors (Lipinski definition) is 9. The highest BCUT2D eigenvalue weighted by atomic mass is 16.7. The van der Waals surface area contributed by atoms with Crippen LogP contribution in [0.15, 0.2) is 23.5 Å². The highest BCUT2D eigenvalue weighted by Crippen LogP contribution is 2.77. The number of carbonyl (C=O) groups is 3. The Balaban J connectivity index is 1.54. The first-order valence-electron chi connectivity index (χ1n) is 11.9. The highest BCUT2D eigenvalue weighted by Gasteiger charge is 2.82. The van der Waals surface area contributed by atoms with Crippen LogP contribution in [-0.2, 0) is 33.3 Å². The van der Waals surface area contributed by atoms with E-state index in [4.69, 9.17) is 18.9 Å². The molecule has 0 amide bonds. The third kappa shape index (κ3) is 2.95. The van der Waals surface area contributed by atoms with Gasteiger partial charge < -0.3 is 29.2 Å². The van der Waals surface area contributed by atoms with Gasteiger partial charge in [0.2, 0.25) is 6.29 Å². The summed E-state index contributed by atoms with van der Waals surface area (Å²) < 4.78 is 23.2. The van der Waals surface area contributed by atoms with Crippen LogP contribution in [0.3, 0.4) is 0 Å². The molecule has 3 aliphatic carbocycles. The van der Waals surface area contributed by atoms with E-state index in [0.29, 0.717) is 24.0 Å². The van der Waals surface area contributed by atoms with Crippen LogP contribution in [0.2, 0.25) is 0 Å². The predicted octanol–water partition coefficient (Wildman–Crippen LogP) is 1.76. The maximum atomic E-state index is 13.3. The third-order valence-corrected chi connectivity index (χ3v) is 8.76. The quantitative estimate of drug-likeness (QED) is 0.346. The van der Waals surface area contributed by atoms with E-state index in [2.05, 4.69) is 0 Å². The number of ether oxygens (including phenoxy) is 4. The second-order valence-electron chi connectivity index (χ2n) is 11.2. The Morgan fingerprint density at radius 3 is 2.65 bits per heavy atom. The van der Waals surface area contributed by atoms with E-state index in [1.165, 1.54) is 20.1 Å². The van der Waals surface area contributed by atoms with Crippen LogP contribution in [0.1, 0.15) is 53.9 Å². The van der Waals surface area contributed by atoms with E-state index in [1.807, 2.05) is 0 Å². The lowest BCUT2D eigenvalue weighted by Crippen LogP contribution is -2.58. The van der Waals surface area contributed by atoms with Crippen molar-refractivity contribution in [2.75, 3.05) is 0 Å². The molecule has 9 nitrogen and oxygen atoms in total. The van der Waals surface area contributed by atoms with Gasteiger partial charge in [-0.25, -0.2) is 4.79 Å². The summed E-state index contributed by atoms with van der Waals surface area (Å²) in [6.07, 6.45) is 0.392. The molecule has 2 heterocycles. The summed E-state index contributed by atoms with van der Waals surface area (Å²) in [6, 6.07) is 0. The van der Waals surface area contributed by atoms with Crippen molar-refractivity contribution in [2.24, 2.45) is 28.6 Å². The lowest BCUT2D eigenvalue weighted by Gasteiger charge is -2.51. The van der Waals surface area contributed by atoms with Crippen molar-refractivity contribution >= 4 is 17.9 Å². The zero-order valence-corrected chi connectivity index (χ0v) is 20.1. The number of aliphatic hydroxyl groups excluding tert-OH is 1. The monoisotopic (exact) mass is 476 g/mol. The van der Waals surface area contributed by atoms with E-state index < -0.39 is 70.8 Å². The lowest BCUT2D eigenvalue weighted by molar-refractivity contribution is -0.211. The fourth-order valence-corrected chi connectivity index (χ4v) is 7.35. The first-order valence-corrected chi connectivity index (χ1v) is 11.9. The van der Waals surface area contributed by atoms with Crippen molar-refractivity contribution in [1.29, 1.82) is 0 Å². The van der Waals surface area contributed by atoms with E-state index in [-0.39, 0.29) is 12.3 Å². The maximum absolute atomic E-state index is 13.3. The fraction of sp³-hybridized carbons (Fsp3) is 0.720. The molecule has 0 aromatic heterocycles. The smallest absolute Gasteiger partial charge is 0.333 e. The van der Waals surface area contributed by atoms with Crippen LogP contribution < -0.4 is 0 Å². The van der Waals surface area contributed by atoms with Gasteiger partial charge in [0, 0.05) is 34.3 Å². The van der Waals surface area contributed by atoms with Crippen LogP contribution >= 0.6 is 0 Å². The summed E-state index contributed by atoms with van der Waals surface area (Å²) in [5.41, 5.74) is -1.84. The van der Waals surface area contributed by atoms with Gasteiger partial charge in [0.25, 0.3) is 0 Å². The van der Waals surface area contributed by atoms with Crippen molar-refractivity contribution in [3.63, 3.8) is 0 Å². The Bertz CT molecular complexity index is 1010. The van der Waals surface area contributed by atoms with Crippen LogP contribution in [0.4, 0.5) is 0 Å². The minimum Gasteiger partial charge on any atom is -0.462 e. The molecule has 186 valence electrons. The normalized spacial score (nSPS) is 44.1. The topological polar surface area (TPSA) is 129 Å².